The van der Waals surface area contributed by atoms with Gasteiger partial charge in [0.1, 0.15) is 0 Å². The van der Waals surface area contributed by atoms with Crippen molar-refractivity contribution >= 4 is 76.8 Å². The molecule has 0 fully saturated rings. The van der Waals surface area contributed by atoms with Crippen LogP contribution in [-0.2, 0) is 6.42 Å². The van der Waals surface area contributed by atoms with Crippen LogP contribution < -0.4 is 0 Å². The lowest BCUT2D eigenvalue weighted by Crippen LogP contribution is -2.03. The third-order valence-electron chi connectivity index (χ3n) is 8.85. The van der Waals surface area contributed by atoms with Gasteiger partial charge in [0.25, 0.3) is 0 Å². The molecule has 200 valence electrons. The summed E-state index contributed by atoms with van der Waals surface area (Å²) < 4.78 is 6.00. The maximum absolute atomic E-state index is 9.56. The number of hydrogen-bond acceptors (Lipinski definition) is 3. The lowest BCUT2D eigenvalue weighted by atomic mass is 9.99. The molecule has 43 heavy (non-hydrogen) atoms. The van der Waals surface area contributed by atoms with Crippen molar-refractivity contribution in [3.8, 4) is 17.8 Å². The number of aromatic nitrogens is 2. The summed E-state index contributed by atoms with van der Waals surface area (Å²) >= 11 is 1.89. The third-order valence-corrected chi connectivity index (χ3v) is 10.1. The number of hydrogen-bond donors (Lipinski definition) is 0. The first-order chi connectivity index (χ1) is 21.2. The van der Waals surface area contributed by atoms with Gasteiger partial charge < -0.3 is 9.13 Å². The first-order valence-electron chi connectivity index (χ1n) is 14.4. The van der Waals surface area contributed by atoms with Crippen molar-refractivity contribution in [1.29, 1.82) is 10.5 Å². The quantitative estimate of drug-likeness (QED) is 0.209. The number of nitriles is 2. The van der Waals surface area contributed by atoms with E-state index in [2.05, 4.69) is 106 Å². The first-order valence-corrected chi connectivity index (χ1v) is 15.2. The van der Waals surface area contributed by atoms with Crippen LogP contribution in [0.4, 0.5) is 0 Å². The van der Waals surface area contributed by atoms with Gasteiger partial charge in [0.15, 0.2) is 0 Å². The van der Waals surface area contributed by atoms with E-state index in [9.17, 15) is 10.5 Å². The van der Waals surface area contributed by atoms with Crippen molar-refractivity contribution in [3.63, 3.8) is 0 Å². The predicted octanol–water partition coefficient (Wildman–Crippen LogP) is 9.79. The van der Waals surface area contributed by atoms with E-state index >= 15 is 0 Å². The lowest BCUT2D eigenvalue weighted by Gasteiger charge is -2.17. The minimum absolute atomic E-state index is 0.671. The summed E-state index contributed by atoms with van der Waals surface area (Å²) in [5.41, 5.74) is 9.58. The van der Waals surface area contributed by atoms with E-state index in [0.717, 1.165) is 51.2 Å². The first kappa shape index (κ1) is 24.0. The van der Waals surface area contributed by atoms with Crippen LogP contribution in [0.25, 0.3) is 71.2 Å². The predicted molar refractivity (Wildman–Crippen MR) is 178 cm³/mol. The van der Waals surface area contributed by atoms with Gasteiger partial charge in [0.05, 0.1) is 45.3 Å². The molecule has 0 N–H and O–H groups in total. The third kappa shape index (κ3) is 3.40. The number of thiophene rings is 1. The highest BCUT2D eigenvalue weighted by molar-refractivity contribution is 7.19. The van der Waals surface area contributed by atoms with Crippen molar-refractivity contribution in [2.24, 2.45) is 0 Å². The molecule has 0 amide bonds. The van der Waals surface area contributed by atoms with E-state index in [1.807, 2.05) is 35.6 Å². The minimum Gasteiger partial charge on any atom is -0.313 e. The molecule has 9 rings (SSSR count). The van der Waals surface area contributed by atoms with Gasteiger partial charge in [0, 0.05) is 47.9 Å². The van der Waals surface area contributed by atoms with Crippen LogP contribution in [0.1, 0.15) is 28.0 Å². The molecule has 3 heterocycles. The fourth-order valence-electron chi connectivity index (χ4n) is 6.97. The summed E-state index contributed by atoms with van der Waals surface area (Å²) in [4.78, 5) is 1.42. The molecule has 5 aromatic carbocycles. The van der Waals surface area contributed by atoms with E-state index in [-0.39, 0.29) is 0 Å². The van der Waals surface area contributed by atoms with Gasteiger partial charge in [-0.05, 0) is 91.2 Å². The van der Waals surface area contributed by atoms with E-state index in [1.165, 1.54) is 37.1 Å². The monoisotopic (exact) mass is 566 g/mol. The average molecular weight is 567 g/mol. The van der Waals surface area contributed by atoms with Gasteiger partial charge in [-0.2, -0.15) is 10.5 Å². The van der Waals surface area contributed by atoms with Crippen LogP contribution in [0.15, 0.2) is 103 Å². The fourth-order valence-corrected chi connectivity index (χ4v) is 8.13. The zero-order chi connectivity index (χ0) is 28.7. The van der Waals surface area contributed by atoms with Crippen molar-refractivity contribution in [2.45, 2.75) is 12.8 Å². The zero-order valence-electron chi connectivity index (χ0n) is 23.0. The molecule has 1 aliphatic carbocycles. The van der Waals surface area contributed by atoms with Gasteiger partial charge in [0.2, 0.25) is 0 Å². The maximum atomic E-state index is 9.56. The van der Waals surface area contributed by atoms with Crippen LogP contribution in [0.2, 0.25) is 0 Å². The highest BCUT2D eigenvalue weighted by Gasteiger charge is 2.22. The summed E-state index contributed by atoms with van der Waals surface area (Å²) in [6.45, 7) is 0. The Morgan fingerprint density at radius 2 is 1.16 bits per heavy atom. The van der Waals surface area contributed by atoms with Crippen molar-refractivity contribution in [2.75, 3.05) is 0 Å². The van der Waals surface area contributed by atoms with E-state index in [4.69, 9.17) is 0 Å². The van der Waals surface area contributed by atoms with E-state index in [0.29, 0.717) is 11.1 Å². The van der Waals surface area contributed by atoms with Gasteiger partial charge in [-0.3, -0.25) is 0 Å². The number of para-hydroxylation sites is 2. The minimum atomic E-state index is 0.671. The molecule has 0 saturated heterocycles. The molecule has 0 atom stereocenters. The Hall–Kier alpha value is -5.62. The van der Waals surface area contributed by atoms with Gasteiger partial charge in [-0.25, -0.2) is 0 Å². The Bertz CT molecular complexity index is 2590. The molecule has 0 radical (unpaired) electrons. The normalized spacial score (nSPS) is 13.0. The number of rotatable bonds is 2. The highest BCUT2D eigenvalue weighted by atomic mass is 32.1. The van der Waals surface area contributed by atoms with Crippen molar-refractivity contribution < 1.29 is 0 Å². The molecule has 1 aliphatic rings. The average Bonchev–Trinajstić information content (AvgIpc) is 3.71. The van der Waals surface area contributed by atoms with E-state index in [1.54, 1.807) is 0 Å². The maximum Gasteiger partial charge on any atom is 0.0991 e. The number of fused-ring (bicyclic) bond motifs is 9. The van der Waals surface area contributed by atoms with Crippen LogP contribution in [0.3, 0.4) is 0 Å². The van der Waals surface area contributed by atoms with E-state index < -0.39 is 0 Å². The lowest BCUT2D eigenvalue weighted by molar-refractivity contribution is 0.968. The van der Waals surface area contributed by atoms with Crippen molar-refractivity contribution in [1.82, 2.24) is 9.13 Å². The van der Waals surface area contributed by atoms with Crippen LogP contribution in [-0.4, -0.2) is 9.13 Å². The second-order valence-electron chi connectivity index (χ2n) is 11.1. The molecule has 5 heteroatoms. The molecule has 0 spiro atoms. The Kier molecular flexibility index (Phi) is 4.99. The second kappa shape index (κ2) is 8.94. The summed E-state index contributed by atoms with van der Waals surface area (Å²) in [7, 11) is 0. The summed E-state index contributed by atoms with van der Waals surface area (Å²) in [6, 6.07) is 40.4. The fraction of sp³-hybridized carbons (Fsp3) is 0.0526. The van der Waals surface area contributed by atoms with Gasteiger partial charge >= 0.3 is 0 Å². The zero-order valence-corrected chi connectivity index (χ0v) is 23.8. The summed E-state index contributed by atoms with van der Waals surface area (Å²) in [5.74, 6) is 0. The number of nitrogens with zero attached hydrogens (tertiary/aromatic N) is 4. The van der Waals surface area contributed by atoms with Crippen LogP contribution >= 0.6 is 11.3 Å². The second-order valence-corrected chi connectivity index (χ2v) is 12.3. The van der Waals surface area contributed by atoms with Crippen molar-refractivity contribution in [3.05, 3.63) is 125 Å². The molecule has 4 nitrogen and oxygen atoms in total. The number of aryl methyl sites for hydroxylation is 1. The SMILES string of the molecule is N#Cc1ccc2c(c1)c1ccccc1n2C1=Cc2c(sc3ccc(-n4c5ccccc5c5cc(C#N)ccc54)cc23)CC1. The standard InChI is InChI=1S/C38H22N4S/c39-21-23-9-13-35-29(17-23)27-5-1-3-7-33(27)41(35)25-11-15-37-31(19-25)32-20-26(12-16-38(32)43-37)42-34-8-4-2-6-28(34)30-18-24(22-40)10-14-36(30)42/h1-11,13-15,17-20H,12,16H2. The van der Waals surface area contributed by atoms with Gasteiger partial charge in [-0.15, -0.1) is 11.3 Å². The molecule has 0 aliphatic heterocycles. The smallest absolute Gasteiger partial charge is 0.0991 e. The number of allylic oxidation sites excluding steroid dienone is 1. The van der Waals surface area contributed by atoms with Crippen LogP contribution in [0.5, 0.6) is 0 Å². The molecule has 0 bridgehead atoms. The molecular formula is C38H22N4S. The molecule has 3 aromatic heterocycles. The Balaban J connectivity index is 1.27. The molecule has 8 aromatic rings. The van der Waals surface area contributed by atoms with Gasteiger partial charge in [-0.1, -0.05) is 36.4 Å². The molecule has 0 unspecified atom stereocenters. The Labute approximate surface area is 251 Å². The largest absolute Gasteiger partial charge is 0.313 e. The topological polar surface area (TPSA) is 57.4 Å². The Morgan fingerprint density at radius 1 is 0.558 bits per heavy atom. The molecule has 0 saturated carbocycles. The number of benzene rings is 5. The Morgan fingerprint density at radius 3 is 1.84 bits per heavy atom. The van der Waals surface area contributed by atoms with Crippen LogP contribution in [0, 0.1) is 22.7 Å². The summed E-state index contributed by atoms with van der Waals surface area (Å²) in [6.07, 6.45) is 4.33. The summed E-state index contributed by atoms with van der Waals surface area (Å²) in [5, 5.41) is 24.9. The highest BCUT2D eigenvalue weighted by Crippen LogP contribution is 2.43. The molecular weight excluding hydrogens is 545 g/mol.